The summed E-state index contributed by atoms with van der Waals surface area (Å²) in [6.07, 6.45) is 2.70. The van der Waals surface area contributed by atoms with Gasteiger partial charge in [-0.2, -0.15) is 0 Å². The molecule has 0 spiro atoms. The topological polar surface area (TPSA) is 67.0 Å². The molecule has 148 valence electrons. The van der Waals surface area contributed by atoms with Gasteiger partial charge in [-0.25, -0.2) is 4.79 Å². The first-order valence-corrected chi connectivity index (χ1v) is 9.49. The summed E-state index contributed by atoms with van der Waals surface area (Å²) in [4.78, 5) is 19.5. The van der Waals surface area contributed by atoms with Crippen molar-refractivity contribution in [2.24, 2.45) is 0 Å². The molecular weight excluding hydrogens is 346 g/mol. The van der Waals surface area contributed by atoms with Crippen molar-refractivity contribution in [3.05, 3.63) is 30.0 Å². The van der Waals surface area contributed by atoms with Gasteiger partial charge in [-0.15, -0.1) is 0 Å². The molecule has 0 bridgehead atoms. The fourth-order valence-electron chi connectivity index (χ4n) is 3.09. The molecule has 27 heavy (non-hydrogen) atoms. The summed E-state index contributed by atoms with van der Waals surface area (Å²) in [5.74, 6) is 0.698. The van der Waals surface area contributed by atoms with Crippen LogP contribution in [0.1, 0.15) is 18.9 Å². The van der Waals surface area contributed by atoms with E-state index >= 15 is 0 Å². The molecule has 1 aliphatic rings. The highest BCUT2D eigenvalue weighted by Crippen LogP contribution is 2.30. The summed E-state index contributed by atoms with van der Waals surface area (Å²) in [7, 11) is 4.10. The Labute approximate surface area is 160 Å². The minimum atomic E-state index is -0.733. The molecule has 3 rings (SSSR count). The average Bonchev–Trinajstić information content (AvgIpc) is 2.99. The molecule has 1 aliphatic heterocycles. The first-order valence-electron chi connectivity index (χ1n) is 9.49. The number of likely N-dealkylation sites (tertiary alicyclic amines) is 1. The van der Waals surface area contributed by atoms with Gasteiger partial charge in [0.15, 0.2) is 0 Å². The van der Waals surface area contributed by atoms with Crippen molar-refractivity contribution >= 4 is 17.1 Å². The van der Waals surface area contributed by atoms with Crippen molar-refractivity contribution in [2.45, 2.75) is 26.1 Å². The zero-order valence-corrected chi connectivity index (χ0v) is 16.4. The largest absolute Gasteiger partial charge is 0.511 e. The Kier molecular flexibility index (Phi) is 6.58. The average molecular weight is 375 g/mol. The molecule has 2 heterocycles. The van der Waals surface area contributed by atoms with Gasteiger partial charge in [-0.05, 0) is 57.7 Å². The number of carbonyl (C=O) groups excluding carboxylic acids is 1. The van der Waals surface area contributed by atoms with Crippen LogP contribution in [0.4, 0.5) is 4.79 Å². The highest BCUT2D eigenvalue weighted by molar-refractivity contribution is 5.89. The molecule has 1 N–H and O–H groups in total. The number of aromatic nitrogens is 1. The molecule has 1 atom stereocenters. The Morgan fingerprint density at radius 1 is 1.33 bits per heavy atom. The summed E-state index contributed by atoms with van der Waals surface area (Å²) in [5, 5.41) is 1.03. The third-order valence-electron chi connectivity index (χ3n) is 4.71. The van der Waals surface area contributed by atoms with E-state index in [9.17, 15) is 4.79 Å². The summed E-state index contributed by atoms with van der Waals surface area (Å²) in [6.45, 7) is 5.89. The zero-order chi connectivity index (χ0) is 19.2. The molecule has 0 saturated carbocycles. The molecule has 0 aliphatic carbocycles. The van der Waals surface area contributed by atoms with Gasteiger partial charge in [0, 0.05) is 37.1 Å². The lowest BCUT2D eigenvalue weighted by Crippen LogP contribution is -2.39. The van der Waals surface area contributed by atoms with Gasteiger partial charge < -0.3 is 24.1 Å². The third-order valence-corrected chi connectivity index (χ3v) is 4.71. The van der Waals surface area contributed by atoms with Gasteiger partial charge in [0.05, 0.1) is 0 Å². The van der Waals surface area contributed by atoms with Crippen molar-refractivity contribution in [3.8, 4) is 5.75 Å². The maximum Gasteiger partial charge on any atom is 0.511 e. The number of carbonyl (C=O) groups is 1. The van der Waals surface area contributed by atoms with E-state index in [0.29, 0.717) is 12.4 Å². The van der Waals surface area contributed by atoms with Crippen LogP contribution in [0.3, 0.4) is 0 Å². The van der Waals surface area contributed by atoms with Crippen LogP contribution in [0.5, 0.6) is 5.75 Å². The lowest BCUT2D eigenvalue weighted by molar-refractivity contribution is -0.0547. The summed E-state index contributed by atoms with van der Waals surface area (Å²) < 4.78 is 16.3. The number of H-pyrrole nitrogens is 1. The second-order valence-corrected chi connectivity index (χ2v) is 7.14. The van der Waals surface area contributed by atoms with Crippen LogP contribution in [-0.4, -0.2) is 74.1 Å². The van der Waals surface area contributed by atoms with Crippen LogP contribution < -0.4 is 4.74 Å². The normalized spacial score (nSPS) is 15.6. The van der Waals surface area contributed by atoms with Crippen LogP contribution in [0.25, 0.3) is 10.9 Å². The SMILES string of the molecule is CC(OC(=O)OCCN1CCC1)Oc1cccc2[nH]cc(CCN(C)C)c12. The van der Waals surface area contributed by atoms with E-state index in [1.807, 2.05) is 24.4 Å². The van der Waals surface area contributed by atoms with Crippen molar-refractivity contribution in [3.63, 3.8) is 0 Å². The fraction of sp³-hybridized carbons (Fsp3) is 0.550. The lowest BCUT2D eigenvalue weighted by Gasteiger charge is -2.30. The minimum absolute atomic E-state index is 0.341. The summed E-state index contributed by atoms with van der Waals surface area (Å²) in [5.41, 5.74) is 2.18. The van der Waals surface area contributed by atoms with E-state index in [-0.39, 0.29) is 0 Å². The van der Waals surface area contributed by atoms with E-state index in [0.717, 1.165) is 43.5 Å². The fourth-order valence-corrected chi connectivity index (χ4v) is 3.09. The van der Waals surface area contributed by atoms with Gasteiger partial charge in [0.1, 0.15) is 12.4 Å². The van der Waals surface area contributed by atoms with Crippen LogP contribution in [0, 0.1) is 0 Å². The van der Waals surface area contributed by atoms with Crippen molar-refractivity contribution in [1.29, 1.82) is 0 Å². The van der Waals surface area contributed by atoms with E-state index in [2.05, 4.69) is 28.9 Å². The molecular formula is C20H29N3O4. The third kappa shape index (κ3) is 5.37. The molecule has 1 fully saturated rings. The number of nitrogens with zero attached hydrogens (tertiary/aromatic N) is 2. The Hall–Kier alpha value is -2.25. The number of aromatic amines is 1. The van der Waals surface area contributed by atoms with E-state index in [1.165, 1.54) is 12.0 Å². The standard InChI is InChI=1S/C20H29N3O4/c1-15(27-20(24)25-13-12-23-9-5-10-23)26-18-7-4-6-17-19(18)16(14-21-17)8-11-22(2)3/h4,6-7,14-15,21H,5,8-13H2,1-3H3. The smallest absolute Gasteiger partial charge is 0.454 e. The van der Waals surface area contributed by atoms with E-state index in [1.54, 1.807) is 6.92 Å². The summed E-state index contributed by atoms with van der Waals surface area (Å²) in [6, 6.07) is 5.82. The molecule has 0 amide bonds. The zero-order valence-electron chi connectivity index (χ0n) is 16.4. The maximum atomic E-state index is 11.8. The second-order valence-electron chi connectivity index (χ2n) is 7.14. The number of hydrogen-bond acceptors (Lipinski definition) is 6. The maximum absolute atomic E-state index is 11.8. The number of likely N-dealkylation sites (N-methyl/N-ethyl adjacent to an activating group) is 1. The molecule has 2 aromatic rings. The Balaban J connectivity index is 1.56. The van der Waals surface area contributed by atoms with E-state index in [4.69, 9.17) is 14.2 Å². The van der Waals surface area contributed by atoms with Gasteiger partial charge in [0.25, 0.3) is 0 Å². The quantitative estimate of drug-likeness (QED) is 0.537. The van der Waals surface area contributed by atoms with Crippen LogP contribution >= 0.6 is 0 Å². The predicted molar refractivity (Wildman–Crippen MR) is 104 cm³/mol. The molecule has 1 saturated heterocycles. The Bertz CT molecular complexity index is 755. The van der Waals surface area contributed by atoms with E-state index < -0.39 is 12.4 Å². The lowest BCUT2D eigenvalue weighted by atomic mass is 10.1. The monoisotopic (exact) mass is 375 g/mol. The number of benzene rings is 1. The minimum Gasteiger partial charge on any atom is -0.454 e. The van der Waals surface area contributed by atoms with Gasteiger partial charge in [-0.1, -0.05) is 6.07 Å². The number of fused-ring (bicyclic) bond motifs is 1. The second kappa shape index (κ2) is 9.10. The molecule has 0 radical (unpaired) electrons. The molecule has 7 nitrogen and oxygen atoms in total. The van der Waals surface area contributed by atoms with Gasteiger partial charge in [0.2, 0.25) is 6.29 Å². The van der Waals surface area contributed by atoms with Crippen LogP contribution in [0.2, 0.25) is 0 Å². The first kappa shape index (κ1) is 19.5. The van der Waals surface area contributed by atoms with Crippen LogP contribution in [-0.2, 0) is 15.9 Å². The van der Waals surface area contributed by atoms with Crippen LogP contribution in [0.15, 0.2) is 24.4 Å². The first-order chi connectivity index (χ1) is 13.0. The molecule has 7 heteroatoms. The number of nitrogens with one attached hydrogen (secondary N) is 1. The van der Waals surface area contributed by atoms with Gasteiger partial charge in [-0.3, -0.25) is 4.90 Å². The number of rotatable bonds is 9. The number of hydrogen-bond donors (Lipinski definition) is 1. The molecule has 1 aromatic carbocycles. The van der Waals surface area contributed by atoms with Gasteiger partial charge >= 0.3 is 6.16 Å². The Morgan fingerprint density at radius 2 is 2.15 bits per heavy atom. The molecule has 1 aromatic heterocycles. The molecule has 1 unspecified atom stereocenters. The van der Waals surface area contributed by atoms with Crippen molar-refractivity contribution in [2.75, 3.05) is 46.9 Å². The van der Waals surface area contributed by atoms with Crippen molar-refractivity contribution in [1.82, 2.24) is 14.8 Å². The number of ether oxygens (including phenoxy) is 3. The van der Waals surface area contributed by atoms with Crippen molar-refractivity contribution < 1.29 is 19.0 Å². The predicted octanol–water partition coefficient (Wildman–Crippen LogP) is 2.86. The summed E-state index contributed by atoms with van der Waals surface area (Å²) >= 11 is 0. The highest BCUT2D eigenvalue weighted by Gasteiger charge is 2.17. The Morgan fingerprint density at radius 3 is 2.85 bits per heavy atom. The highest BCUT2D eigenvalue weighted by atomic mass is 16.8.